The van der Waals surface area contributed by atoms with Gasteiger partial charge in [0.15, 0.2) is 0 Å². The van der Waals surface area contributed by atoms with Gasteiger partial charge >= 0.3 is 0 Å². The first kappa shape index (κ1) is 14.7. The summed E-state index contributed by atoms with van der Waals surface area (Å²) in [6.07, 6.45) is 2.02. The lowest BCUT2D eigenvalue weighted by molar-refractivity contribution is 0.0933. The molecule has 3 nitrogen and oxygen atoms in total. The summed E-state index contributed by atoms with van der Waals surface area (Å²) in [5.74, 6) is 0.00826. The van der Waals surface area contributed by atoms with Gasteiger partial charge in [0, 0.05) is 12.1 Å². The minimum atomic E-state index is 0.00826. The van der Waals surface area contributed by atoms with Crippen molar-refractivity contribution in [1.82, 2.24) is 5.32 Å². The van der Waals surface area contributed by atoms with Crippen LogP contribution in [0.2, 0.25) is 0 Å². The highest BCUT2D eigenvalue weighted by Crippen LogP contribution is 2.20. The fourth-order valence-electron chi connectivity index (χ4n) is 1.91. The van der Waals surface area contributed by atoms with Crippen LogP contribution in [0.5, 0.6) is 0 Å². The molecule has 100 valence electrons. The van der Waals surface area contributed by atoms with Crippen LogP contribution in [0.4, 0.5) is 0 Å². The first-order chi connectivity index (χ1) is 8.46. The molecule has 0 heterocycles. The Hall–Kier alpha value is -1.35. The van der Waals surface area contributed by atoms with Crippen molar-refractivity contribution >= 4 is 5.91 Å². The van der Waals surface area contributed by atoms with Crippen molar-refractivity contribution in [2.75, 3.05) is 13.1 Å². The van der Waals surface area contributed by atoms with E-state index in [1.807, 2.05) is 31.2 Å². The maximum atomic E-state index is 12.1. The van der Waals surface area contributed by atoms with Crippen molar-refractivity contribution < 1.29 is 4.79 Å². The fraction of sp³-hybridized carbons (Fsp3) is 0.533. The molecule has 1 amide bonds. The van der Waals surface area contributed by atoms with Crippen molar-refractivity contribution in [3.05, 3.63) is 35.4 Å². The quantitative estimate of drug-likeness (QED) is 0.812. The van der Waals surface area contributed by atoms with E-state index in [4.69, 9.17) is 5.73 Å². The van der Waals surface area contributed by atoms with Crippen LogP contribution in [-0.2, 0) is 0 Å². The second-order valence-corrected chi connectivity index (χ2v) is 5.55. The molecule has 0 radical (unpaired) electrons. The molecule has 0 bridgehead atoms. The molecule has 1 aromatic rings. The van der Waals surface area contributed by atoms with Crippen LogP contribution >= 0.6 is 0 Å². The van der Waals surface area contributed by atoms with E-state index >= 15 is 0 Å². The molecule has 0 aromatic heterocycles. The number of hydrogen-bond acceptors (Lipinski definition) is 2. The van der Waals surface area contributed by atoms with Crippen LogP contribution in [0.25, 0.3) is 0 Å². The molecule has 0 aliphatic heterocycles. The maximum Gasteiger partial charge on any atom is 0.251 e. The Bertz CT molecular complexity index is 399. The van der Waals surface area contributed by atoms with Crippen LogP contribution in [0, 0.1) is 12.3 Å². The number of carbonyl (C=O) groups is 1. The molecule has 0 fully saturated rings. The Morgan fingerprint density at radius 1 is 1.33 bits per heavy atom. The molecular weight excluding hydrogens is 224 g/mol. The second-order valence-electron chi connectivity index (χ2n) is 5.55. The van der Waals surface area contributed by atoms with Crippen LogP contribution in [-0.4, -0.2) is 19.0 Å². The third kappa shape index (κ3) is 4.49. The highest BCUT2D eigenvalue weighted by atomic mass is 16.1. The van der Waals surface area contributed by atoms with Gasteiger partial charge in [0.1, 0.15) is 0 Å². The monoisotopic (exact) mass is 248 g/mol. The van der Waals surface area contributed by atoms with E-state index in [-0.39, 0.29) is 11.3 Å². The zero-order valence-corrected chi connectivity index (χ0v) is 11.6. The SMILES string of the molecule is Cc1ccccc1C(=O)NCC(C)(C)CCCN. The summed E-state index contributed by atoms with van der Waals surface area (Å²) in [5, 5.41) is 3.01. The molecule has 0 unspecified atom stereocenters. The lowest BCUT2D eigenvalue weighted by atomic mass is 9.87. The molecule has 1 aromatic carbocycles. The third-order valence-electron chi connectivity index (χ3n) is 3.17. The Balaban J connectivity index is 2.54. The number of rotatable bonds is 6. The molecule has 18 heavy (non-hydrogen) atoms. The van der Waals surface area contributed by atoms with E-state index < -0.39 is 0 Å². The Labute approximate surface area is 110 Å². The van der Waals surface area contributed by atoms with E-state index in [2.05, 4.69) is 19.2 Å². The minimum absolute atomic E-state index is 0.00826. The predicted octanol–water partition coefficient (Wildman–Crippen LogP) is 2.49. The number of nitrogens with two attached hydrogens (primary N) is 1. The zero-order valence-electron chi connectivity index (χ0n) is 11.6. The predicted molar refractivity (Wildman–Crippen MR) is 75.6 cm³/mol. The summed E-state index contributed by atoms with van der Waals surface area (Å²) in [6, 6.07) is 7.64. The Kier molecular flexibility index (Phi) is 5.35. The fourth-order valence-corrected chi connectivity index (χ4v) is 1.91. The van der Waals surface area contributed by atoms with Crippen molar-refractivity contribution in [2.45, 2.75) is 33.6 Å². The van der Waals surface area contributed by atoms with E-state index in [0.717, 1.165) is 24.0 Å². The largest absolute Gasteiger partial charge is 0.351 e. The van der Waals surface area contributed by atoms with Gasteiger partial charge in [0.25, 0.3) is 5.91 Å². The summed E-state index contributed by atoms with van der Waals surface area (Å²) >= 11 is 0. The molecule has 0 aliphatic rings. The summed E-state index contributed by atoms with van der Waals surface area (Å²) in [6.45, 7) is 7.64. The molecular formula is C15H24N2O. The van der Waals surface area contributed by atoms with Gasteiger partial charge < -0.3 is 11.1 Å². The summed E-state index contributed by atoms with van der Waals surface area (Å²) < 4.78 is 0. The van der Waals surface area contributed by atoms with Gasteiger partial charge in [-0.05, 0) is 43.4 Å². The number of hydrogen-bond donors (Lipinski definition) is 2. The number of benzene rings is 1. The number of aryl methyl sites for hydroxylation is 1. The normalized spacial score (nSPS) is 11.3. The lowest BCUT2D eigenvalue weighted by Gasteiger charge is -2.24. The Morgan fingerprint density at radius 2 is 2.00 bits per heavy atom. The molecule has 3 N–H and O–H groups in total. The van der Waals surface area contributed by atoms with Gasteiger partial charge in [-0.25, -0.2) is 0 Å². The standard InChI is InChI=1S/C15H24N2O/c1-12-7-4-5-8-13(12)14(18)17-11-15(2,3)9-6-10-16/h4-5,7-8H,6,9-11,16H2,1-3H3,(H,17,18). The molecule has 0 saturated carbocycles. The molecule has 1 rings (SSSR count). The van der Waals surface area contributed by atoms with Crippen molar-refractivity contribution in [3.63, 3.8) is 0 Å². The lowest BCUT2D eigenvalue weighted by Crippen LogP contribution is -2.34. The van der Waals surface area contributed by atoms with E-state index in [1.54, 1.807) is 0 Å². The van der Waals surface area contributed by atoms with E-state index in [9.17, 15) is 4.79 Å². The highest BCUT2D eigenvalue weighted by molar-refractivity contribution is 5.95. The van der Waals surface area contributed by atoms with Gasteiger partial charge in [-0.3, -0.25) is 4.79 Å². The number of nitrogens with one attached hydrogen (secondary N) is 1. The maximum absolute atomic E-state index is 12.1. The van der Waals surface area contributed by atoms with Crippen molar-refractivity contribution in [2.24, 2.45) is 11.1 Å². The van der Waals surface area contributed by atoms with E-state index in [1.165, 1.54) is 0 Å². The number of carbonyl (C=O) groups excluding carboxylic acids is 1. The van der Waals surface area contributed by atoms with Crippen LogP contribution in [0.15, 0.2) is 24.3 Å². The topological polar surface area (TPSA) is 55.1 Å². The van der Waals surface area contributed by atoms with Gasteiger partial charge in [0.05, 0.1) is 0 Å². The van der Waals surface area contributed by atoms with Crippen molar-refractivity contribution in [1.29, 1.82) is 0 Å². The third-order valence-corrected chi connectivity index (χ3v) is 3.17. The summed E-state index contributed by atoms with van der Waals surface area (Å²) in [4.78, 5) is 12.1. The highest BCUT2D eigenvalue weighted by Gasteiger charge is 2.18. The minimum Gasteiger partial charge on any atom is -0.351 e. The van der Waals surface area contributed by atoms with Crippen LogP contribution in [0.3, 0.4) is 0 Å². The van der Waals surface area contributed by atoms with Crippen LogP contribution in [0.1, 0.15) is 42.6 Å². The number of amides is 1. The van der Waals surface area contributed by atoms with Gasteiger partial charge in [-0.2, -0.15) is 0 Å². The first-order valence-electron chi connectivity index (χ1n) is 6.50. The summed E-state index contributed by atoms with van der Waals surface area (Å²) in [5.41, 5.74) is 7.38. The Morgan fingerprint density at radius 3 is 2.61 bits per heavy atom. The smallest absolute Gasteiger partial charge is 0.251 e. The molecule has 0 saturated heterocycles. The van der Waals surface area contributed by atoms with Gasteiger partial charge in [0.2, 0.25) is 0 Å². The average Bonchev–Trinajstić information content (AvgIpc) is 2.34. The second kappa shape index (κ2) is 6.55. The van der Waals surface area contributed by atoms with Gasteiger partial charge in [-0.15, -0.1) is 0 Å². The van der Waals surface area contributed by atoms with Crippen molar-refractivity contribution in [3.8, 4) is 0 Å². The van der Waals surface area contributed by atoms with Crippen LogP contribution < -0.4 is 11.1 Å². The first-order valence-corrected chi connectivity index (χ1v) is 6.50. The molecule has 3 heteroatoms. The molecule has 0 spiro atoms. The zero-order chi connectivity index (χ0) is 13.6. The summed E-state index contributed by atoms with van der Waals surface area (Å²) in [7, 11) is 0. The molecule has 0 atom stereocenters. The molecule has 0 aliphatic carbocycles. The average molecular weight is 248 g/mol. The van der Waals surface area contributed by atoms with Gasteiger partial charge in [-0.1, -0.05) is 32.0 Å². The van der Waals surface area contributed by atoms with E-state index in [0.29, 0.717) is 13.1 Å².